The van der Waals surface area contributed by atoms with Gasteiger partial charge in [-0.25, -0.2) is 4.99 Å². The minimum Gasteiger partial charge on any atom is -0.497 e. The van der Waals surface area contributed by atoms with Crippen molar-refractivity contribution in [3.8, 4) is 5.75 Å². The highest BCUT2D eigenvalue weighted by Crippen LogP contribution is 2.14. The van der Waals surface area contributed by atoms with Gasteiger partial charge in [-0.1, -0.05) is 42.5 Å². The lowest BCUT2D eigenvalue weighted by molar-refractivity contribution is 0.414. The molecule has 2 aromatic carbocycles. The van der Waals surface area contributed by atoms with Gasteiger partial charge in [0.15, 0.2) is 5.96 Å². The normalized spacial score (nSPS) is 12.0. The molecule has 5 heteroatoms. The van der Waals surface area contributed by atoms with E-state index in [0.29, 0.717) is 6.54 Å². The zero-order valence-electron chi connectivity index (χ0n) is 14.5. The molecule has 2 aromatic rings. The minimum atomic E-state index is 0. The van der Waals surface area contributed by atoms with Crippen LogP contribution in [0.4, 0.5) is 0 Å². The number of halogens is 1. The lowest BCUT2D eigenvalue weighted by Crippen LogP contribution is -2.38. The molecule has 0 radical (unpaired) electrons. The topological polar surface area (TPSA) is 45.7 Å². The number of benzene rings is 2. The fraction of sp³-hybridized carbons (Fsp3) is 0.316. The van der Waals surface area contributed by atoms with E-state index in [2.05, 4.69) is 47.7 Å². The molecule has 2 N–H and O–H groups in total. The Morgan fingerprint density at radius 3 is 2.54 bits per heavy atom. The van der Waals surface area contributed by atoms with Gasteiger partial charge in [0.1, 0.15) is 5.75 Å². The summed E-state index contributed by atoms with van der Waals surface area (Å²) in [7, 11) is 1.68. The maximum absolute atomic E-state index is 5.25. The van der Waals surface area contributed by atoms with Crippen LogP contribution in [0.25, 0.3) is 0 Å². The predicted molar refractivity (Wildman–Crippen MR) is 111 cm³/mol. The summed E-state index contributed by atoms with van der Waals surface area (Å²) in [4.78, 5) is 4.66. The zero-order chi connectivity index (χ0) is 16.5. The second-order valence-corrected chi connectivity index (χ2v) is 5.32. The van der Waals surface area contributed by atoms with Crippen molar-refractivity contribution in [2.24, 2.45) is 4.99 Å². The van der Waals surface area contributed by atoms with E-state index in [0.717, 1.165) is 23.8 Å². The summed E-state index contributed by atoms with van der Waals surface area (Å²) >= 11 is 0. The SMILES string of the molecule is CCNC(=NCc1cccc(OC)c1)NC(C)c1ccccc1.I. The average molecular weight is 439 g/mol. The van der Waals surface area contributed by atoms with Crippen molar-refractivity contribution in [3.63, 3.8) is 0 Å². The largest absolute Gasteiger partial charge is 0.497 e. The van der Waals surface area contributed by atoms with Crippen LogP contribution >= 0.6 is 24.0 Å². The molecule has 0 aliphatic carbocycles. The van der Waals surface area contributed by atoms with E-state index in [1.165, 1.54) is 5.56 Å². The Morgan fingerprint density at radius 1 is 1.12 bits per heavy atom. The second kappa shape index (κ2) is 10.9. The molecule has 1 unspecified atom stereocenters. The van der Waals surface area contributed by atoms with E-state index in [1.807, 2.05) is 36.4 Å². The Hall–Kier alpha value is -1.76. The summed E-state index contributed by atoms with van der Waals surface area (Å²) in [5.74, 6) is 1.67. The summed E-state index contributed by atoms with van der Waals surface area (Å²) in [6.45, 7) is 5.63. The first-order valence-corrected chi connectivity index (χ1v) is 7.95. The van der Waals surface area contributed by atoms with Gasteiger partial charge in [-0.15, -0.1) is 24.0 Å². The van der Waals surface area contributed by atoms with E-state index in [9.17, 15) is 0 Å². The number of aliphatic imine (C=N–C) groups is 1. The third kappa shape index (κ3) is 6.39. The van der Waals surface area contributed by atoms with Crippen LogP contribution in [0.5, 0.6) is 5.75 Å². The van der Waals surface area contributed by atoms with Gasteiger partial charge in [-0.05, 0) is 37.1 Å². The van der Waals surface area contributed by atoms with Crippen LogP contribution in [0.3, 0.4) is 0 Å². The third-order valence-corrected chi connectivity index (χ3v) is 3.55. The molecule has 0 heterocycles. The van der Waals surface area contributed by atoms with E-state index in [-0.39, 0.29) is 30.0 Å². The molecule has 4 nitrogen and oxygen atoms in total. The lowest BCUT2D eigenvalue weighted by atomic mass is 10.1. The molecule has 0 aliphatic heterocycles. The average Bonchev–Trinajstić information content (AvgIpc) is 2.60. The van der Waals surface area contributed by atoms with Crippen LogP contribution in [0, 0.1) is 0 Å². The van der Waals surface area contributed by atoms with Crippen molar-refractivity contribution >= 4 is 29.9 Å². The molecule has 130 valence electrons. The van der Waals surface area contributed by atoms with Crippen LogP contribution in [0.2, 0.25) is 0 Å². The summed E-state index contributed by atoms with van der Waals surface area (Å²) < 4.78 is 5.25. The van der Waals surface area contributed by atoms with E-state index < -0.39 is 0 Å². The molecule has 1 atom stereocenters. The van der Waals surface area contributed by atoms with Crippen LogP contribution in [0.15, 0.2) is 59.6 Å². The van der Waals surface area contributed by atoms with Gasteiger partial charge >= 0.3 is 0 Å². The standard InChI is InChI=1S/C19H25N3O.HI/c1-4-20-19(22-15(2)17-10-6-5-7-11-17)21-14-16-9-8-12-18(13-16)23-3;/h5-13,15H,4,14H2,1-3H3,(H2,20,21,22);1H. The Morgan fingerprint density at radius 2 is 1.88 bits per heavy atom. The monoisotopic (exact) mass is 439 g/mol. The molecule has 0 saturated heterocycles. The highest BCUT2D eigenvalue weighted by atomic mass is 127. The van der Waals surface area contributed by atoms with Crippen molar-refractivity contribution in [2.75, 3.05) is 13.7 Å². The first-order chi connectivity index (χ1) is 11.2. The van der Waals surface area contributed by atoms with Crippen LogP contribution in [-0.2, 0) is 6.54 Å². The molecule has 24 heavy (non-hydrogen) atoms. The lowest BCUT2D eigenvalue weighted by Gasteiger charge is -2.18. The predicted octanol–water partition coefficient (Wildman–Crippen LogP) is 4.13. The second-order valence-electron chi connectivity index (χ2n) is 5.32. The maximum atomic E-state index is 5.25. The van der Waals surface area contributed by atoms with Crippen molar-refractivity contribution in [1.82, 2.24) is 10.6 Å². The number of nitrogens with one attached hydrogen (secondary N) is 2. The highest BCUT2D eigenvalue weighted by Gasteiger charge is 2.07. The van der Waals surface area contributed by atoms with Crippen molar-refractivity contribution in [2.45, 2.75) is 26.4 Å². The molecule has 0 fully saturated rings. The highest BCUT2D eigenvalue weighted by molar-refractivity contribution is 14.0. The van der Waals surface area contributed by atoms with Gasteiger partial charge in [-0.3, -0.25) is 0 Å². The summed E-state index contributed by atoms with van der Waals surface area (Å²) in [5, 5.41) is 6.73. The molecule has 0 aromatic heterocycles. The molecule has 0 spiro atoms. The van der Waals surface area contributed by atoms with Gasteiger partial charge in [0.25, 0.3) is 0 Å². The van der Waals surface area contributed by atoms with Crippen LogP contribution in [-0.4, -0.2) is 19.6 Å². The number of guanidine groups is 1. The van der Waals surface area contributed by atoms with Gasteiger partial charge in [0.05, 0.1) is 19.7 Å². The molecule has 0 amide bonds. The van der Waals surface area contributed by atoms with E-state index in [1.54, 1.807) is 7.11 Å². The Labute approximate surface area is 161 Å². The van der Waals surface area contributed by atoms with Crippen LogP contribution < -0.4 is 15.4 Å². The molecule has 0 aliphatic rings. The summed E-state index contributed by atoms with van der Waals surface area (Å²) in [6, 6.07) is 18.5. The fourth-order valence-corrected chi connectivity index (χ4v) is 2.29. The first kappa shape index (κ1) is 20.3. The maximum Gasteiger partial charge on any atom is 0.192 e. The fourth-order valence-electron chi connectivity index (χ4n) is 2.29. The molecule has 0 saturated carbocycles. The summed E-state index contributed by atoms with van der Waals surface area (Å²) in [6.07, 6.45) is 0. The quantitative estimate of drug-likeness (QED) is 0.404. The number of ether oxygens (including phenoxy) is 1. The molecular formula is C19H26IN3O. The van der Waals surface area contributed by atoms with E-state index >= 15 is 0 Å². The number of methoxy groups -OCH3 is 1. The van der Waals surface area contributed by atoms with Crippen molar-refractivity contribution < 1.29 is 4.74 Å². The van der Waals surface area contributed by atoms with Crippen molar-refractivity contribution in [1.29, 1.82) is 0 Å². The van der Waals surface area contributed by atoms with Gasteiger partial charge < -0.3 is 15.4 Å². The number of hydrogen-bond acceptors (Lipinski definition) is 2. The number of hydrogen-bond donors (Lipinski definition) is 2. The zero-order valence-corrected chi connectivity index (χ0v) is 16.8. The van der Waals surface area contributed by atoms with Gasteiger partial charge in [-0.2, -0.15) is 0 Å². The summed E-state index contributed by atoms with van der Waals surface area (Å²) in [5.41, 5.74) is 2.36. The minimum absolute atomic E-state index is 0. The Kier molecular flexibility index (Phi) is 9.22. The third-order valence-electron chi connectivity index (χ3n) is 3.55. The van der Waals surface area contributed by atoms with E-state index in [4.69, 9.17) is 4.74 Å². The number of nitrogens with zero attached hydrogens (tertiary/aromatic N) is 1. The molecule has 0 bridgehead atoms. The number of rotatable bonds is 6. The molecular weight excluding hydrogens is 413 g/mol. The van der Waals surface area contributed by atoms with Crippen molar-refractivity contribution in [3.05, 3.63) is 65.7 Å². The first-order valence-electron chi connectivity index (χ1n) is 7.95. The molecule has 2 rings (SSSR count). The smallest absolute Gasteiger partial charge is 0.192 e. The Bertz CT molecular complexity index is 632. The Balaban J connectivity index is 0.00000288. The van der Waals surface area contributed by atoms with Crippen LogP contribution in [0.1, 0.15) is 31.0 Å². The van der Waals surface area contributed by atoms with Gasteiger partial charge in [0, 0.05) is 6.54 Å². The van der Waals surface area contributed by atoms with Gasteiger partial charge in [0.2, 0.25) is 0 Å².